The zero-order chi connectivity index (χ0) is 22.9. The third-order valence-electron chi connectivity index (χ3n) is 5.13. The highest BCUT2D eigenvalue weighted by Gasteiger charge is 2.11. The molecule has 6 heteroatoms. The van der Waals surface area contributed by atoms with Crippen molar-refractivity contribution in [3.63, 3.8) is 0 Å². The Bertz CT molecular complexity index is 1190. The minimum Gasteiger partial charge on any atom is -0.492 e. The first kappa shape index (κ1) is 22.0. The first-order valence-corrected chi connectivity index (χ1v) is 10.8. The number of carbonyl (C=O) groups excluding carboxylic acids is 1. The van der Waals surface area contributed by atoms with E-state index in [1.165, 1.54) is 0 Å². The predicted molar refractivity (Wildman–Crippen MR) is 130 cm³/mol. The lowest BCUT2D eigenvalue weighted by Crippen LogP contribution is -2.29. The van der Waals surface area contributed by atoms with Crippen LogP contribution in [0.5, 0.6) is 5.75 Å². The number of benzene rings is 2. The number of pyridine rings is 1. The van der Waals surface area contributed by atoms with Gasteiger partial charge in [0.15, 0.2) is 0 Å². The third kappa shape index (κ3) is 6.17. The summed E-state index contributed by atoms with van der Waals surface area (Å²) in [5.41, 5.74) is 3.71. The lowest BCUT2D eigenvalue weighted by molar-refractivity contribution is -0.125. The summed E-state index contributed by atoms with van der Waals surface area (Å²) in [4.78, 5) is 18.5. The van der Waals surface area contributed by atoms with Crippen molar-refractivity contribution in [1.29, 1.82) is 0 Å². The van der Waals surface area contributed by atoms with E-state index in [-0.39, 0.29) is 5.91 Å². The number of para-hydroxylation sites is 1. The van der Waals surface area contributed by atoms with Crippen LogP contribution in [0.3, 0.4) is 0 Å². The fraction of sp³-hybridized carbons (Fsp3) is 0.148. The maximum absolute atomic E-state index is 12.6. The largest absolute Gasteiger partial charge is 0.492 e. The Morgan fingerprint density at radius 2 is 1.79 bits per heavy atom. The summed E-state index contributed by atoms with van der Waals surface area (Å²) in [6, 6.07) is 23.6. The van der Waals surface area contributed by atoms with Crippen LogP contribution in [0.15, 0.2) is 97.5 Å². The molecule has 4 rings (SSSR count). The molecule has 166 valence electrons. The molecule has 0 fully saturated rings. The molecule has 0 aliphatic carbocycles. The van der Waals surface area contributed by atoms with Gasteiger partial charge in [0.2, 0.25) is 5.91 Å². The van der Waals surface area contributed by atoms with Crippen LogP contribution in [-0.2, 0) is 11.3 Å². The van der Waals surface area contributed by atoms with Gasteiger partial charge in [0.25, 0.3) is 0 Å². The SMILES string of the molecule is CN(CCOc1ccccc1)C(=O)/C=C/c1cn(Cc2ccccc2)nc1-c1cccnc1. The average Bonchev–Trinajstić information content (AvgIpc) is 3.26. The van der Waals surface area contributed by atoms with E-state index in [9.17, 15) is 4.79 Å². The van der Waals surface area contributed by atoms with Crippen molar-refractivity contribution < 1.29 is 9.53 Å². The maximum atomic E-state index is 12.6. The van der Waals surface area contributed by atoms with Gasteiger partial charge in [0, 0.05) is 42.8 Å². The Morgan fingerprint density at radius 1 is 1.03 bits per heavy atom. The molecule has 33 heavy (non-hydrogen) atoms. The molecule has 0 atom stereocenters. The highest BCUT2D eigenvalue weighted by molar-refractivity contribution is 5.92. The topological polar surface area (TPSA) is 60.2 Å². The first-order valence-electron chi connectivity index (χ1n) is 10.8. The van der Waals surface area contributed by atoms with Crippen LogP contribution in [-0.4, -0.2) is 45.8 Å². The van der Waals surface area contributed by atoms with E-state index < -0.39 is 0 Å². The smallest absolute Gasteiger partial charge is 0.246 e. The number of carbonyl (C=O) groups is 1. The molecule has 1 amide bonds. The molecule has 2 aromatic heterocycles. The number of rotatable bonds is 9. The molecule has 0 radical (unpaired) electrons. The van der Waals surface area contributed by atoms with E-state index in [0.29, 0.717) is 19.7 Å². The predicted octanol–water partition coefficient (Wildman–Crippen LogP) is 4.54. The Balaban J connectivity index is 1.45. The number of ether oxygens (including phenoxy) is 1. The Morgan fingerprint density at radius 3 is 2.52 bits per heavy atom. The van der Waals surface area contributed by atoms with Crippen molar-refractivity contribution in [2.24, 2.45) is 0 Å². The Kier molecular flexibility index (Phi) is 7.28. The molecule has 0 bridgehead atoms. The molecule has 0 saturated heterocycles. The van der Waals surface area contributed by atoms with Crippen LogP contribution >= 0.6 is 0 Å². The van der Waals surface area contributed by atoms with Gasteiger partial charge in [-0.15, -0.1) is 0 Å². The van der Waals surface area contributed by atoms with E-state index in [4.69, 9.17) is 9.84 Å². The molecule has 6 nitrogen and oxygen atoms in total. The molecule has 0 N–H and O–H groups in total. The van der Waals surface area contributed by atoms with Crippen LogP contribution in [0.1, 0.15) is 11.1 Å². The highest BCUT2D eigenvalue weighted by Crippen LogP contribution is 2.23. The molecule has 0 aliphatic heterocycles. The van der Waals surface area contributed by atoms with E-state index >= 15 is 0 Å². The van der Waals surface area contributed by atoms with Crippen molar-refractivity contribution in [1.82, 2.24) is 19.7 Å². The third-order valence-corrected chi connectivity index (χ3v) is 5.13. The number of hydrogen-bond donors (Lipinski definition) is 0. The fourth-order valence-corrected chi connectivity index (χ4v) is 3.35. The fourth-order valence-electron chi connectivity index (χ4n) is 3.35. The second-order valence-electron chi connectivity index (χ2n) is 7.61. The van der Waals surface area contributed by atoms with Gasteiger partial charge in [-0.2, -0.15) is 5.10 Å². The summed E-state index contributed by atoms with van der Waals surface area (Å²) >= 11 is 0. The van der Waals surface area contributed by atoms with Gasteiger partial charge >= 0.3 is 0 Å². The number of nitrogens with zero attached hydrogens (tertiary/aromatic N) is 4. The summed E-state index contributed by atoms with van der Waals surface area (Å²) in [6.45, 7) is 1.56. The summed E-state index contributed by atoms with van der Waals surface area (Å²) in [6.07, 6.45) is 8.86. The number of amides is 1. The number of likely N-dealkylation sites (N-methyl/N-ethyl adjacent to an activating group) is 1. The molecule has 0 aliphatic rings. The monoisotopic (exact) mass is 438 g/mol. The minimum absolute atomic E-state index is 0.0976. The van der Waals surface area contributed by atoms with Crippen molar-refractivity contribution in [2.45, 2.75) is 6.54 Å². The molecule has 2 heterocycles. The highest BCUT2D eigenvalue weighted by atomic mass is 16.5. The second-order valence-corrected chi connectivity index (χ2v) is 7.61. The standard InChI is InChI=1S/C27H26N4O2/c1-30(17-18-33-25-12-6-3-7-13-25)26(32)15-14-24-21-31(20-22-9-4-2-5-10-22)29-27(24)23-11-8-16-28-19-23/h2-16,19,21H,17-18,20H2,1H3/b15-14+. The molecule has 0 unspecified atom stereocenters. The van der Waals surface area contributed by atoms with E-state index in [1.54, 1.807) is 30.4 Å². The lowest BCUT2D eigenvalue weighted by Gasteiger charge is -2.15. The Hall–Kier alpha value is -4.19. The lowest BCUT2D eigenvalue weighted by atomic mass is 10.1. The van der Waals surface area contributed by atoms with Crippen LogP contribution in [0.4, 0.5) is 0 Å². The van der Waals surface area contributed by atoms with Crippen LogP contribution < -0.4 is 4.74 Å². The van der Waals surface area contributed by atoms with Crippen molar-refractivity contribution in [3.8, 4) is 17.0 Å². The van der Waals surface area contributed by atoms with Gasteiger partial charge < -0.3 is 9.64 Å². The molecule has 4 aromatic rings. The molecular weight excluding hydrogens is 412 g/mol. The van der Waals surface area contributed by atoms with Crippen LogP contribution in [0, 0.1) is 0 Å². The van der Waals surface area contributed by atoms with Crippen molar-refractivity contribution >= 4 is 12.0 Å². The van der Waals surface area contributed by atoms with Gasteiger partial charge in [-0.1, -0.05) is 48.5 Å². The molecular formula is C27H26N4O2. The van der Waals surface area contributed by atoms with E-state index in [1.807, 2.05) is 77.6 Å². The van der Waals surface area contributed by atoms with Crippen molar-refractivity contribution in [3.05, 3.63) is 109 Å². The normalized spacial score (nSPS) is 10.9. The Labute approximate surface area is 193 Å². The first-order chi connectivity index (χ1) is 16.2. The molecule has 2 aromatic carbocycles. The van der Waals surface area contributed by atoms with E-state index in [0.717, 1.165) is 28.1 Å². The van der Waals surface area contributed by atoms with Crippen LogP contribution in [0.25, 0.3) is 17.3 Å². The number of aromatic nitrogens is 3. The minimum atomic E-state index is -0.0976. The van der Waals surface area contributed by atoms with Crippen molar-refractivity contribution in [2.75, 3.05) is 20.2 Å². The summed E-state index contributed by atoms with van der Waals surface area (Å²) in [5.74, 6) is 0.695. The second kappa shape index (κ2) is 10.9. The zero-order valence-electron chi connectivity index (χ0n) is 18.5. The summed E-state index contributed by atoms with van der Waals surface area (Å²) in [5, 5.41) is 4.76. The van der Waals surface area contributed by atoms with Gasteiger partial charge in [-0.25, -0.2) is 0 Å². The average molecular weight is 439 g/mol. The summed E-state index contributed by atoms with van der Waals surface area (Å²) in [7, 11) is 1.77. The van der Waals surface area contributed by atoms with Gasteiger partial charge in [-0.3, -0.25) is 14.5 Å². The summed E-state index contributed by atoms with van der Waals surface area (Å²) < 4.78 is 7.58. The van der Waals surface area contributed by atoms with E-state index in [2.05, 4.69) is 17.1 Å². The van der Waals surface area contributed by atoms with Gasteiger partial charge in [0.1, 0.15) is 18.1 Å². The van der Waals surface area contributed by atoms with Gasteiger partial charge in [-0.05, 0) is 35.9 Å². The zero-order valence-corrected chi connectivity index (χ0v) is 18.5. The molecule has 0 spiro atoms. The number of hydrogen-bond acceptors (Lipinski definition) is 4. The quantitative estimate of drug-likeness (QED) is 0.360. The maximum Gasteiger partial charge on any atom is 0.246 e. The van der Waals surface area contributed by atoms with Crippen LogP contribution in [0.2, 0.25) is 0 Å². The molecule has 0 saturated carbocycles. The van der Waals surface area contributed by atoms with Gasteiger partial charge in [0.05, 0.1) is 13.1 Å².